The SMILES string of the molecule is CC(C)(C)OC(=O)N1CC2(C1)C(=O)CCC2(F)F. The van der Waals surface area contributed by atoms with E-state index in [4.69, 9.17) is 4.74 Å². The molecule has 1 amide bonds. The first kappa shape index (κ1) is 13.2. The number of hydrogen-bond donors (Lipinski definition) is 0. The number of carbonyl (C=O) groups excluding carboxylic acids is 2. The normalized spacial score (nSPS) is 25.2. The maximum absolute atomic E-state index is 13.7. The quantitative estimate of drug-likeness (QED) is 0.671. The summed E-state index contributed by atoms with van der Waals surface area (Å²) >= 11 is 0. The van der Waals surface area contributed by atoms with Crippen molar-refractivity contribution in [2.45, 2.75) is 45.1 Å². The number of alkyl halides is 2. The lowest BCUT2D eigenvalue weighted by Gasteiger charge is -2.49. The van der Waals surface area contributed by atoms with Crippen molar-refractivity contribution in [3.8, 4) is 0 Å². The van der Waals surface area contributed by atoms with E-state index < -0.39 is 35.2 Å². The van der Waals surface area contributed by atoms with Gasteiger partial charge in [0.25, 0.3) is 5.92 Å². The summed E-state index contributed by atoms with van der Waals surface area (Å²) in [6, 6.07) is 0. The monoisotopic (exact) mass is 261 g/mol. The predicted molar refractivity (Wildman–Crippen MR) is 59.4 cm³/mol. The second-order valence-electron chi connectivity index (χ2n) is 6.05. The molecule has 0 aromatic rings. The van der Waals surface area contributed by atoms with Gasteiger partial charge < -0.3 is 9.64 Å². The van der Waals surface area contributed by atoms with Crippen molar-refractivity contribution in [3.63, 3.8) is 0 Å². The number of halogens is 2. The highest BCUT2D eigenvalue weighted by Crippen LogP contribution is 2.53. The van der Waals surface area contributed by atoms with E-state index in [0.29, 0.717) is 0 Å². The zero-order chi connectivity index (χ0) is 13.8. The summed E-state index contributed by atoms with van der Waals surface area (Å²) in [5, 5.41) is 0. The molecule has 1 heterocycles. The Morgan fingerprint density at radius 3 is 2.28 bits per heavy atom. The summed E-state index contributed by atoms with van der Waals surface area (Å²) < 4.78 is 32.4. The molecule has 1 saturated heterocycles. The van der Waals surface area contributed by atoms with E-state index in [0.717, 1.165) is 0 Å². The fourth-order valence-corrected chi connectivity index (χ4v) is 2.42. The van der Waals surface area contributed by atoms with E-state index >= 15 is 0 Å². The Bertz CT molecular complexity index is 395. The fraction of sp³-hybridized carbons (Fsp3) is 0.833. The highest BCUT2D eigenvalue weighted by molar-refractivity contribution is 5.91. The molecule has 1 aliphatic heterocycles. The van der Waals surface area contributed by atoms with Crippen LogP contribution >= 0.6 is 0 Å². The molecule has 18 heavy (non-hydrogen) atoms. The van der Waals surface area contributed by atoms with Crippen LogP contribution in [0.3, 0.4) is 0 Å². The molecule has 4 nitrogen and oxygen atoms in total. The van der Waals surface area contributed by atoms with Gasteiger partial charge in [0.1, 0.15) is 16.8 Å². The lowest BCUT2D eigenvalue weighted by Crippen LogP contribution is -2.67. The van der Waals surface area contributed by atoms with Crippen LogP contribution in [0.15, 0.2) is 0 Å². The molecule has 1 aliphatic carbocycles. The molecule has 0 aromatic heterocycles. The minimum atomic E-state index is -3.00. The van der Waals surface area contributed by atoms with Crippen molar-refractivity contribution in [3.05, 3.63) is 0 Å². The van der Waals surface area contributed by atoms with Gasteiger partial charge in [-0.1, -0.05) is 0 Å². The molecular formula is C12H17F2NO3. The van der Waals surface area contributed by atoms with Gasteiger partial charge in [-0.3, -0.25) is 4.79 Å². The number of likely N-dealkylation sites (tertiary alicyclic amines) is 1. The smallest absolute Gasteiger partial charge is 0.410 e. The molecule has 1 saturated carbocycles. The molecule has 1 spiro atoms. The van der Waals surface area contributed by atoms with Crippen LogP contribution in [0.1, 0.15) is 33.6 Å². The summed E-state index contributed by atoms with van der Waals surface area (Å²) in [4.78, 5) is 24.4. The van der Waals surface area contributed by atoms with Gasteiger partial charge in [-0.15, -0.1) is 0 Å². The van der Waals surface area contributed by atoms with Gasteiger partial charge in [-0.2, -0.15) is 0 Å². The van der Waals surface area contributed by atoms with Gasteiger partial charge >= 0.3 is 6.09 Å². The van der Waals surface area contributed by atoms with Gasteiger partial charge in [0.15, 0.2) is 0 Å². The predicted octanol–water partition coefficient (Wildman–Crippen LogP) is 2.22. The van der Waals surface area contributed by atoms with E-state index in [9.17, 15) is 18.4 Å². The largest absolute Gasteiger partial charge is 0.444 e. The van der Waals surface area contributed by atoms with Gasteiger partial charge in [-0.25, -0.2) is 13.6 Å². The van der Waals surface area contributed by atoms with Crippen LogP contribution in [0.5, 0.6) is 0 Å². The highest BCUT2D eigenvalue weighted by Gasteiger charge is 2.69. The summed E-state index contributed by atoms with van der Waals surface area (Å²) in [6.45, 7) is 4.66. The molecule has 2 fully saturated rings. The van der Waals surface area contributed by atoms with Crippen molar-refractivity contribution in [1.29, 1.82) is 0 Å². The van der Waals surface area contributed by atoms with Crippen molar-refractivity contribution in [2.24, 2.45) is 5.41 Å². The van der Waals surface area contributed by atoms with E-state index in [1.807, 2.05) is 0 Å². The molecule has 0 bridgehead atoms. The third kappa shape index (κ3) is 1.87. The van der Waals surface area contributed by atoms with Gasteiger partial charge in [0, 0.05) is 25.9 Å². The van der Waals surface area contributed by atoms with E-state index in [2.05, 4.69) is 0 Å². The van der Waals surface area contributed by atoms with E-state index in [1.54, 1.807) is 20.8 Å². The third-order valence-corrected chi connectivity index (χ3v) is 3.47. The average Bonchev–Trinajstić information content (AvgIpc) is 2.31. The summed E-state index contributed by atoms with van der Waals surface area (Å²) in [5.74, 6) is -3.44. The molecule has 0 atom stereocenters. The Labute approximate surface area is 104 Å². The fourth-order valence-electron chi connectivity index (χ4n) is 2.42. The molecule has 0 N–H and O–H groups in total. The number of hydrogen-bond acceptors (Lipinski definition) is 3. The lowest BCUT2D eigenvalue weighted by molar-refractivity contribution is -0.174. The number of rotatable bonds is 0. The zero-order valence-electron chi connectivity index (χ0n) is 10.8. The number of nitrogens with zero attached hydrogens (tertiary/aromatic N) is 1. The van der Waals surface area contributed by atoms with Gasteiger partial charge in [-0.05, 0) is 20.8 Å². The molecule has 0 unspecified atom stereocenters. The number of ketones is 1. The zero-order valence-corrected chi connectivity index (χ0v) is 10.8. The standard InChI is InChI=1S/C12H17F2NO3/c1-10(2,3)18-9(17)15-6-11(7-15)8(16)4-5-12(11,13)14/h4-7H2,1-3H3. The molecule has 6 heteroatoms. The molecule has 102 valence electrons. The Balaban J connectivity index is 2.02. The molecule has 2 rings (SSSR count). The Hall–Kier alpha value is -1.20. The first-order chi connectivity index (χ1) is 8.07. The lowest BCUT2D eigenvalue weighted by atomic mass is 9.75. The summed E-state index contributed by atoms with van der Waals surface area (Å²) in [6.07, 6.45) is -1.15. The topological polar surface area (TPSA) is 46.6 Å². The van der Waals surface area contributed by atoms with Crippen LogP contribution in [-0.2, 0) is 9.53 Å². The van der Waals surface area contributed by atoms with Gasteiger partial charge in [0.05, 0.1) is 0 Å². The molecular weight excluding hydrogens is 244 g/mol. The van der Waals surface area contributed by atoms with Crippen LogP contribution < -0.4 is 0 Å². The minimum Gasteiger partial charge on any atom is -0.444 e. The maximum atomic E-state index is 13.7. The maximum Gasteiger partial charge on any atom is 0.410 e. The number of amides is 1. The van der Waals surface area contributed by atoms with Crippen molar-refractivity contribution in [2.75, 3.05) is 13.1 Å². The average molecular weight is 261 g/mol. The van der Waals surface area contributed by atoms with E-state index in [-0.39, 0.29) is 19.5 Å². The van der Waals surface area contributed by atoms with E-state index in [1.165, 1.54) is 4.90 Å². The first-order valence-electron chi connectivity index (χ1n) is 5.96. The Morgan fingerprint density at radius 1 is 1.33 bits per heavy atom. The second-order valence-corrected chi connectivity index (χ2v) is 6.05. The number of carbonyl (C=O) groups is 2. The van der Waals surface area contributed by atoms with Crippen LogP contribution in [0, 0.1) is 5.41 Å². The van der Waals surface area contributed by atoms with Crippen LogP contribution in [0.25, 0.3) is 0 Å². The minimum absolute atomic E-state index is 0.102. The molecule has 2 aliphatic rings. The Morgan fingerprint density at radius 2 is 1.89 bits per heavy atom. The first-order valence-corrected chi connectivity index (χ1v) is 5.96. The van der Waals surface area contributed by atoms with Crippen LogP contribution in [-0.4, -0.2) is 41.4 Å². The van der Waals surface area contributed by atoms with Crippen molar-refractivity contribution < 1.29 is 23.1 Å². The number of ether oxygens (including phenoxy) is 1. The summed E-state index contributed by atoms with van der Waals surface area (Å²) in [7, 11) is 0. The van der Waals surface area contributed by atoms with Crippen molar-refractivity contribution in [1.82, 2.24) is 4.90 Å². The third-order valence-electron chi connectivity index (χ3n) is 3.47. The molecule has 0 radical (unpaired) electrons. The van der Waals surface area contributed by atoms with Crippen LogP contribution in [0.4, 0.5) is 13.6 Å². The number of Topliss-reactive ketones (excluding diaryl/α,β-unsaturated/α-hetero) is 1. The Kier molecular flexibility index (Phi) is 2.68. The van der Waals surface area contributed by atoms with Crippen LogP contribution in [0.2, 0.25) is 0 Å². The molecule has 0 aromatic carbocycles. The van der Waals surface area contributed by atoms with Gasteiger partial charge in [0.2, 0.25) is 0 Å². The summed E-state index contributed by atoms with van der Waals surface area (Å²) in [5.41, 5.74) is -2.31. The highest BCUT2D eigenvalue weighted by atomic mass is 19.3. The second kappa shape index (κ2) is 3.65. The van der Waals surface area contributed by atoms with Crippen molar-refractivity contribution >= 4 is 11.9 Å².